The zero-order valence-corrected chi connectivity index (χ0v) is 12.7. The third kappa shape index (κ3) is 3.63. The van der Waals surface area contributed by atoms with Crippen LogP contribution in [0.1, 0.15) is 27.4 Å². The van der Waals surface area contributed by atoms with Crippen LogP contribution in [0.5, 0.6) is 0 Å². The van der Waals surface area contributed by atoms with Crippen molar-refractivity contribution in [1.82, 2.24) is 0 Å². The summed E-state index contributed by atoms with van der Waals surface area (Å²) in [6.45, 7) is 3.58. The number of hydrogen-bond acceptors (Lipinski definition) is 4. The van der Waals surface area contributed by atoms with Crippen molar-refractivity contribution in [1.29, 1.82) is 0 Å². The molecule has 1 aromatic heterocycles. The first-order valence-corrected chi connectivity index (χ1v) is 6.74. The smallest absolute Gasteiger partial charge is 0.341 e. The molecule has 0 radical (unpaired) electrons. The SMILES string of the molecule is COC(=O)c1cc(C=CC(=O)Nc2ccccc2C)oc1C. The molecule has 0 unspecified atom stereocenters. The first-order valence-electron chi connectivity index (χ1n) is 6.74. The van der Waals surface area contributed by atoms with Crippen molar-refractivity contribution < 1.29 is 18.7 Å². The summed E-state index contributed by atoms with van der Waals surface area (Å²) in [5, 5.41) is 2.78. The Balaban J connectivity index is 2.07. The van der Waals surface area contributed by atoms with Gasteiger partial charge in [0.25, 0.3) is 0 Å². The van der Waals surface area contributed by atoms with Crippen molar-refractivity contribution in [3.05, 3.63) is 59.1 Å². The van der Waals surface area contributed by atoms with Crippen LogP contribution in [0.4, 0.5) is 5.69 Å². The highest BCUT2D eigenvalue weighted by Gasteiger charge is 2.14. The number of esters is 1. The van der Waals surface area contributed by atoms with Gasteiger partial charge in [0.15, 0.2) is 0 Å². The molecule has 0 bridgehead atoms. The normalized spacial score (nSPS) is 10.7. The van der Waals surface area contributed by atoms with Gasteiger partial charge in [0.2, 0.25) is 5.91 Å². The molecule has 114 valence electrons. The maximum atomic E-state index is 11.9. The predicted octanol–water partition coefficient (Wildman–Crippen LogP) is 3.33. The number of hydrogen-bond donors (Lipinski definition) is 1. The van der Waals surface area contributed by atoms with Gasteiger partial charge in [-0.3, -0.25) is 4.79 Å². The number of furan rings is 1. The number of ether oxygens (including phenoxy) is 1. The second-order valence-corrected chi connectivity index (χ2v) is 4.75. The van der Waals surface area contributed by atoms with E-state index in [9.17, 15) is 9.59 Å². The predicted molar refractivity (Wildman–Crippen MR) is 83.6 cm³/mol. The molecule has 0 saturated carbocycles. The van der Waals surface area contributed by atoms with Crippen LogP contribution in [0.25, 0.3) is 6.08 Å². The summed E-state index contributed by atoms with van der Waals surface area (Å²) < 4.78 is 10.0. The van der Waals surface area contributed by atoms with E-state index < -0.39 is 5.97 Å². The average Bonchev–Trinajstić information content (AvgIpc) is 2.88. The van der Waals surface area contributed by atoms with Crippen molar-refractivity contribution in [2.45, 2.75) is 13.8 Å². The van der Waals surface area contributed by atoms with E-state index in [0.717, 1.165) is 11.3 Å². The molecular formula is C17H17NO4. The lowest BCUT2D eigenvalue weighted by Gasteiger charge is -2.04. The van der Waals surface area contributed by atoms with E-state index in [1.165, 1.54) is 19.3 Å². The largest absolute Gasteiger partial charge is 0.465 e. The van der Waals surface area contributed by atoms with E-state index >= 15 is 0 Å². The molecule has 0 aliphatic rings. The van der Waals surface area contributed by atoms with Crippen molar-refractivity contribution in [3.8, 4) is 0 Å². The minimum Gasteiger partial charge on any atom is -0.465 e. The molecule has 0 fully saturated rings. The first-order chi connectivity index (χ1) is 10.5. The number of rotatable bonds is 4. The number of methoxy groups -OCH3 is 1. The zero-order chi connectivity index (χ0) is 16.1. The molecule has 5 nitrogen and oxygen atoms in total. The molecule has 1 aromatic carbocycles. The maximum Gasteiger partial charge on any atom is 0.341 e. The van der Waals surface area contributed by atoms with Gasteiger partial charge >= 0.3 is 5.97 Å². The Morgan fingerprint density at radius 3 is 2.64 bits per heavy atom. The first kappa shape index (κ1) is 15.6. The minimum absolute atomic E-state index is 0.275. The van der Waals surface area contributed by atoms with Crippen LogP contribution in [-0.2, 0) is 9.53 Å². The summed E-state index contributed by atoms with van der Waals surface area (Å²) in [7, 11) is 1.31. The van der Waals surface area contributed by atoms with Gasteiger partial charge in [-0.1, -0.05) is 18.2 Å². The number of para-hydroxylation sites is 1. The van der Waals surface area contributed by atoms with Crippen molar-refractivity contribution in [3.63, 3.8) is 0 Å². The molecule has 0 aliphatic carbocycles. The van der Waals surface area contributed by atoms with Gasteiger partial charge < -0.3 is 14.5 Å². The number of benzene rings is 1. The Labute approximate surface area is 128 Å². The highest BCUT2D eigenvalue weighted by molar-refractivity contribution is 6.02. The molecule has 0 aliphatic heterocycles. The number of anilines is 1. The van der Waals surface area contributed by atoms with Crippen LogP contribution < -0.4 is 5.32 Å². The maximum absolute atomic E-state index is 11.9. The van der Waals surface area contributed by atoms with Crippen LogP contribution in [0.3, 0.4) is 0 Å². The zero-order valence-electron chi connectivity index (χ0n) is 12.7. The van der Waals surface area contributed by atoms with Crippen molar-refractivity contribution in [2.75, 3.05) is 12.4 Å². The molecule has 1 amide bonds. The van der Waals surface area contributed by atoms with Gasteiger partial charge in [-0.25, -0.2) is 4.79 Å². The number of carbonyl (C=O) groups is 2. The number of nitrogens with one attached hydrogen (secondary N) is 1. The van der Waals surface area contributed by atoms with Crippen LogP contribution in [-0.4, -0.2) is 19.0 Å². The number of carbonyl (C=O) groups excluding carboxylic acids is 2. The fraction of sp³-hybridized carbons (Fsp3) is 0.176. The van der Waals surface area contributed by atoms with E-state index in [4.69, 9.17) is 4.42 Å². The molecule has 0 saturated heterocycles. The molecule has 0 atom stereocenters. The third-order valence-electron chi connectivity index (χ3n) is 3.14. The molecule has 5 heteroatoms. The topological polar surface area (TPSA) is 68.5 Å². The van der Waals surface area contributed by atoms with Crippen LogP contribution in [0.2, 0.25) is 0 Å². The van der Waals surface area contributed by atoms with Crippen LogP contribution in [0, 0.1) is 13.8 Å². The molecular weight excluding hydrogens is 282 g/mol. The third-order valence-corrected chi connectivity index (χ3v) is 3.14. The van der Waals surface area contributed by atoms with Crippen molar-refractivity contribution >= 4 is 23.6 Å². The molecule has 1 N–H and O–H groups in total. The van der Waals surface area contributed by atoms with E-state index in [1.807, 2.05) is 31.2 Å². The van der Waals surface area contributed by atoms with E-state index in [-0.39, 0.29) is 5.91 Å². The van der Waals surface area contributed by atoms with Gasteiger partial charge in [0.05, 0.1) is 7.11 Å². The van der Waals surface area contributed by atoms with Gasteiger partial charge in [-0.05, 0) is 37.6 Å². The van der Waals surface area contributed by atoms with Gasteiger partial charge in [-0.2, -0.15) is 0 Å². The molecule has 0 spiro atoms. The summed E-state index contributed by atoms with van der Waals surface area (Å²) in [4.78, 5) is 23.4. The minimum atomic E-state index is -0.467. The Morgan fingerprint density at radius 1 is 1.23 bits per heavy atom. The van der Waals surface area contributed by atoms with Crippen molar-refractivity contribution in [2.24, 2.45) is 0 Å². The van der Waals surface area contributed by atoms with Crippen LogP contribution in [0.15, 0.2) is 40.8 Å². The Bertz CT molecular complexity index is 728. The number of aryl methyl sites for hydroxylation is 2. The summed E-state index contributed by atoms with van der Waals surface area (Å²) >= 11 is 0. The van der Waals surface area contributed by atoms with Gasteiger partial charge in [0.1, 0.15) is 17.1 Å². The van der Waals surface area contributed by atoms with E-state index in [0.29, 0.717) is 17.1 Å². The van der Waals surface area contributed by atoms with Gasteiger partial charge in [-0.15, -0.1) is 0 Å². The number of amides is 1. The molecule has 22 heavy (non-hydrogen) atoms. The summed E-state index contributed by atoms with van der Waals surface area (Å²) in [6, 6.07) is 9.04. The second-order valence-electron chi connectivity index (χ2n) is 4.75. The highest BCUT2D eigenvalue weighted by atomic mass is 16.5. The summed E-state index contributed by atoms with van der Waals surface area (Å²) in [5.74, 6) is 0.122. The second kappa shape index (κ2) is 6.76. The Hall–Kier alpha value is -2.82. The molecule has 2 aromatic rings. The lowest BCUT2D eigenvalue weighted by Crippen LogP contribution is -2.08. The summed E-state index contributed by atoms with van der Waals surface area (Å²) in [5.41, 5.74) is 2.08. The lowest BCUT2D eigenvalue weighted by molar-refractivity contribution is -0.111. The quantitative estimate of drug-likeness (QED) is 0.694. The Morgan fingerprint density at radius 2 is 1.95 bits per heavy atom. The molecule has 2 rings (SSSR count). The van der Waals surface area contributed by atoms with Crippen LogP contribution >= 0.6 is 0 Å². The average molecular weight is 299 g/mol. The monoisotopic (exact) mass is 299 g/mol. The Kier molecular flexibility index (Phi) is 4.78. The lowest BCUT2D eigenvalue weighted by atomic mass is 10.2. The van der Waals surface area contributed by atoms with Gasteiger partial charge in [0, 0.05) is 11.8 Å². The van der Waals surface area contributed by atoms with E-state index in [1.54, 1.807) is 13.0 Å². The fourth-order valence-corrected chi connectivity index (χ4v) is 1.95. The fourth-order valence-electron chi connectivity index (χ4n) is 1.95. The highest BCUT2D eigenvalue weighted by Crippen LogP contribution is 2.17. The standard InChI is InChI=1S/C17H17NO4/c1-11-6-4-5-7-15(11)18-16(19)9-8-13-10-14(12(2)22-13)17(20)21-3/h4-10H,1-3H3,(H,18,19). The van der Waals surface area contributed by atoms with E-state index in [2.05, 4.69) is 10.1 Å². The molecule has 1 heterocycles. The summed E-state index contributed by atoms with van der Waals surface area (Å²) in [6.07, 6.45) is 2.86.